The first kappa shape index (κ1) is 18.8. The van der Waals surface area contributed by atoms with Gasteiger partial charge in [-0.2, -0.15) is 0 Å². The van der Waals surface area contributed by atoms with Crippen LogP contribution in [0.5, 0.6) is 0 Å². The Kier molecular flexibility index (Phi) is 5.34. The van der Waals surface area contributed by atoms with E-state index in [9.17, 15) is 17.6 Å². The minimum Gasteiger partial charge on any atom is -0.273 e. The summed E-state index contributed by atoms with van der Waals surface area (Å²) in [5.41, 5.74) is 4.01. The molecule has 1 amide bonds. The van der Waals surface area contributed by atoms with E-state index in [4.69, 9.17) is 0 Å². The maximum Gasteiger partial charge on any atom is 0.269 e. The van der Waals surface area contributed by atoms with Crippen molar-refractivity contribution in [1.82, 2.24) is 10.3 Å². The van der Waals surface area contributed by atoms with Crippen LogP contribution in [0.1, 0.15) is 15.9 Å². The number of hydrogen-bond acceptors (Lipinski definition) is 3. The quantitative estimate of drug-likeness (QED) is 0.662. The molecule has 0 atom stereocenters. The van der Waals surface area contributed by atoms with E-state index < -0.39 is 21.7 Å². The molecule has 0 spiro atoms. The summed E-state index contributed by atoms with van der Waals surface area (Å²) >= 11 is 0. The average Bonchev–Trinajstić information content (AvgIpc) is 2.67. The fourth-order valence-corrected chi connectivity index (χ4v) is 3.48. The van der Waals surface area contributed by atoms with Gasteiger partial charge in [-0.25, -0.2) is 12.8 Å². The third-order valence-electron chi connectivity index (χ3n) is 3.92. The third kappa shape index (κ3) is 4.39. The standard InChI is InChI=1S/C20H17FN2O3S/c1-14-6-5-9-17(12-14)27(25,26)23-22-20(24)18-13-16(10-11-19(18)21)15-7-3-2-4-8-15/h2-13,23H,1H3,(H,22,24). The van der Waals surface area contributed by atoms with Gasteiger partial charge in [-0.15, -0.1) is 4.83 Å². The highest BCUT2D eigenvalue weighted by Crippen LogP contribution is 2.22. The summed E-state index contributed by atoms with van der Waals surface area (Å²) in [6.45, 7) is 1.75. The molecule has 0 aliphatic rings. The Bertz CT molecular complexity index is 1080. The van der Waals surface area contributed by atoms with E-state index in [1.54, 1.807) is 25.1 Å². The van der Waals surface area contributed by atoms with Crippen molar-refractivity contribution in [1.29, 1.82) is 0 Å². The normalized spacial score (nSPS) is 11.2. The number of hydrogen-bond donors (Lipinski definition) is 2. The van der Waals surface area contributed by atoms with Crippen molar-refractivity contribution in [3.63, 3.8) is 0 Å². The molecule has 3 aromatic carbocycles. The van der Waals surface area contributed by atoms with Gasteiger partial charge in [0.15, 0.2) is 0 Å². The van der Waals surface area contributed by atoms with Gasteiger partial charge in [0, 0.05) is 0 Å². The van der Waals surface area contributed by atoms with Gasteiger partial charge >= 0.3 is 0 Å². The molecule has 27 heavy (non-hydrogen) atoms. The van der Waals surface area contributed by atoms with Gasteiger partial charge in [-0.05, 0) is 47.9 Å². The van der Waals surface area contributed by atoms with Crippen molar-refractivity contribution < 1.29 is 17.6 Å². The predicted octanol–water partition coefficient (Wildman–Crippen LogP) is 3.42. The lowest BCUT2D eigenvalue weighted by atomic mass is 10.0. The summed E-state index contributed by atoms with van der Waals surface area (Å²) < 4.78 is 38.6. The maximum absolute atomic E-state index is 14.1. The van der Waals surface area contributed by atoms with Crippen LogP contribution < -0.4 is 10.3 Å². The second-order valence-electron chi connectivity index (χ2n) is 5.94. The summed E-state index contributed by atoms with van der Waals surface area (Å²) in [5, 5.41) is 0. The number of sulfonamides is 1. The van der Waals surface area contributed by atoms with E-state index >= 15 is 0 Å². The number of amides is 1. The Hall–Kier alpha value is -3.03. The lowest BCUT2D eigenvalue weighted by Crippen LogP contribution is -2.41. The van der Waals surface area contributed by atoms with Gasteiger partial charge in [0.25, 0.3) is 15.9 Å². The number of aryl methyl sites for hydroxylation is 1. The molecule has 0 heterocycles. The number of benzene rings is 3. The lowest BCUT2D eigenvalue weighted by molar-refractivity contribution is 0.0941. The Labute approximate surface area is 156 Å². The molecule has 5 nitrogen and oxygen atoms in total. The number of hydrazine groups is 1. The summed E-state index contributed by atoms with van der Waals surface area (Å²) in [5.74, 6) is -1.64. The molecule has 0 saturated heterocycles. The van der Waals surface area contributed by atoms with Crippen molar-refractivity contribution in [3.05, 3.63) is 89.7 Å². The van der Waals surface area contributed by atoms with E-state index in [1.807, 2.05) is 35.2 Å². The van der Waals surface area contributed by atoms with Crippen LogP contribution in [0.3, 0.4) is 0 Å². The second-order valence-corrected chi connectivity index (χ2v) is 7.62. The molecule has 138 valence electrons. The van der Waals surface area contributed by atoms with Crippen LogP contribution in [-0.2, 0) is 10.0 Å². The molecule has 0 aliphatic carbocycles. The van der Waals surface area contributed by atoms with Crippen LogP contribution in [0.15, 0.2) is 77.7 Å². The van der Waals surface area contributed by atoms with Gasteiger partial charge in [-0.3, -0.25) is 10.2 Å². The number of rotatable bonds is 5. The molecule has 0 aliphatic heterocycles. The fourth-order valence-electron chi connectivity index (χ4n) is 2.53. The largest absolute Gasteiger partial charge is 0.273 e. The maximum atomic E-state index is 14.1. The number of carbonyl (C=O) groups excluding carboxylic acids is 1. The van der Waals surface area contributed by atoms with E-state index in [0.29, 0.717) is 5.56 Å². The minimum atomic E-state index is -3.97. The highest BCUT2D eigenvalue weighted by atomic mass is 32.2. The molecule has 0 unspecified atom stereocenters. The third-order valence-corrected chi connectivity index (χ3v) is 5.16. The molecular weight excluding hydrogens is 367 g/mol. The van der Waals surface area contributed by atoms with Crippen molar-refractivity contribution >= 4 is 15.9 Å². The van der Waals surface area contributed by atoms with E-state index in [-0.39, 0.29) is 10.5 Å². The first-order chi connectivity index (χ1) is 12.9. The molecule has 0 aromatic heterocycles. The first-order valence-corrected chi connectivity index (χ1v) is 9.59. The molecule has 2 N–H and O–H groups in total. The van der Waals surface area contributed by atoms with Crippen LogP contribution in [0.25, 0.3) is 11.1 Å². The van der Waals surface area contributed by atoms with Gasteiger partial charge in [0.1, 0.15) is 5.82 Å². The molecule has 3 rings (SSSR count). The van der Waals surface area contributed by atoms with Gasteiger partial charge in [0.2, 0.25) is 0 Å². The van der Waals surface area contributed by atoms with E-state index in [0.717, 1.165) is 11.1 Å². The van der Waals surface area contributed by atoms with Gasteiger partial charge in [-0.1, -0.05) is 48.5 Å². The number of halogens is 1. The van der Waals surface area contributed by atoms with Crippen molar-refractivity contribution in [2.24, 2.45) is 0 Å². The smallest absolute Gasteiger partial charge is 0.269 e. The highest BCUT2D eigenvalue weighted by molar-refractivity contribution is 7.89. The summed E-state index contributed by atoms with van der Waals surface area (Å²) in [6, 6.07) is 19.5. The Morgan fingerprint density at radius 1 is 0.889 bits per heavy atom. The molecular formula is C20H17FN2O3S. The summed E-state index contributed by atoms with van der Waals surface area (Å²) in [7, 11) is -3.97. The monoisotopic (exact) mass is 384 g/mol. The van der Waals surface area contributed by atoms with Crippen LogP contribution in [0, 0.1) is 12.7 Å². The summed E-state index contributed by atoms with van der Waals surface area (Å²) in [4.78, 5) is 14.3. The molecule has 3 aromatic rings. The zero-order chi connectivity index (χ0) is 19.4. The number of nitrogens with one attached hydrogen (secondary N) is 2. The zero-order valence-corrected chi connectivity index (χ0v) is 15.3. The van der Waals surface area contributed by atoms with Crippen LogP contribution in [0.2, 0.25) is 0 Å². The van der Waals surface area contributed by atoms with E-state index in [1.165, 1.54) is 24.3 Å². The Morgan fingerprint density at radius 2 is 1.63 bits per heavy atom. The van der Waals surface area contributed by atoms with Crippen LogP contribution in [-0.4, -0.2) is 14.3 Å². The Morgan fingerprint density at radius 3 is 2.33 bits per heavy atom. The van der Waals surface area contributed by atoms with Crippen molar-refractivity contribution in [2.45, 2.75) is 11.8 Å². The molecule has 0 bridgehead atoms. The topological polar surface area (TPSA) is 75.3 Å². The molecule has 0 saturated carbocycles. The Balaban J connectivity index is 1.80. The molecule has 0 radical (unpaired) electrons. The fraction of sp³-hybridized carbons (Fsp3) is 0.0500. The predicted molar refractivity (Wildman–Crippen MR) is 101 cm³/mol. The zero-order valence-electron chi connectivity index (χ0n) is 14.4. The molecule has 7 heteroatoms. The van der Waals surface area contributed by atoms with E-state index in [2.05, 4.69) is 5.43 Å². The number of carbonyl (C=O) groups is 1. The molecule has 0 fully saturated rings. The first-order valence-electron chi connectivity index (χ1n) is 8.10. The van der Waals surface area contributed by atoms with Crippen molar-refractivity contribution in [2.75, 3.05) is 0 Å². The minimum absolute atomic E-state index is 0.00121. The summed E-state index contributed by atoms with van der Waals surface area (Å²) in [6.07, 6.45) is 0. The average molecular weight is 384 g/mol. The van der Waals surface area contributed by atoms with Crippen molar-refractivity contribution in [3.8, 4) is 11.1 Å². The SMILES string of the molecule is Cc1cccc(S(=O)(=O)NNC(=O)c2cc(-c3ccccc3)ccc2F)c1. The van der Waals surface area contributed by atoms with Gasteiger partial charge < -0.3 is 0 Å². The highest BCUT2D eigenvalue weighted by Gasteiger charge is 2.18. The van der Waals surface area contributed by atoms with Crippen LogP contribution in [0.4, 0.5) is 4.39 Å². The lowest BCUT2D eigenvalue weighted by Gasteiger charge is -2.10. The van der Waals surface area contributed by atoms with Crippen LogP contribution >= 0.6 is 0 Å². The van der Waals surface area contributed by atoms with Gasteiger partial charge in [0.05, 0.1) is 10.5 Å². The second kappa shape index (κ2) is 7.69.